The van der Waals surface area contributed by atoms with Crippen LogP contribution < -0.4 is 0 Å². The predicted molar refractivity (Wildman–Crippen MR) is 68.2 cm³/mol. The third-order valence-electron chi connectivity index (χ3n) is 3.29. The van der Waals surface area contributed by atoms with Gasteiger partial charge in [0.1, 0.15) is 5.69 Å². The molecule has 1 heterocycles. The molecule has 1 aromatic rings. The summed E-state index contributed by atoms with van der Waals surface area (Å²) < 4.78 is 0. The van der Waals surface area contributed by atoms with Crippen LogP contribution in [0.4, 0.5) is 0 Å². The summed E-state index contributed by atoms with van der Waals surface area (Å²) >= 11 is 5.85. The highest BCUT2D eigenvalue weighted by Gasteiger charge is 2.20. The van der Waals surface area contributed by atoms with E-state index in [1.807, 2.05) is 7.05 Å². The van der Waals surface area contributed by atoms with E-state index in [0.29, 0.717) is 16.6 Å². The molecule has 1 aliphatic rings. The normalized spacial score (nSPS) is 16.1. The summed E-state index contributed by atoms with van der Waals surface area (Å²) in [4.78, 5) is 17.9. The van der Waals surface area contributed by atoms with E-state index in [2.05, 4.69) is 4.98 Å². The van der Waals surface area contributed by atoms with Crippen LogP contribution in [0.2, 0.25) is 5.02 Å². The molecule has 3 nitrogen and oxygen atoms in total. The van der Waals surface area contributed by atoms with Crippen molar-refractivity contribution in [2.75, 3.05) is 13.6 Å². The highest BCUT2D eigenvalue weighted by Crippen LogP contribution is 2.25. The van der Waals surface area contributed by atoms with E-state index < -0.39 is 0 Å². The van der Waals surface area contributed by atoms with Gasteiger partial charge in [-0.05, 0) is 30.9 Å². The van der Waals surface area contributed by atoms with Crippen LogP contribution in [0.5, 0.6) is 0 Å². The van der Waals surface area contributed by atoms with Crippen molar-refractivity contribution in [1.82, 2.24) is 9.88 Å². The van der Waals surface area contributed by atoms with Crippen molar-refractivity contribution in [2.45, 2.75) is 25.7 Å². The van der Waals surface area contributed by atoms with Crippen LogP contribution in [0, 0.1) is 5.92 Å². The number of carbonyl (C=O) groups excluding carboxylic acids is 1. The monoisotopic (exact) mass is 252 g/mol. The summed E-state index contributed by atoms with van der Waals surface area (Å²) in [6.07, 6.45) is 6.63. The number of rotatable bonds is 3. The highest BCUT2D eigenvalue weighted by molar-refractivity contribution is 6.30. The molecule has 0 unspecified atom stereocenters. The lowest BCUT2D eigenvalue weighted by Crippen LogP contribution is -2.31. The molecule has 0 saturated heterocycles. The fraction of sp³-hybridized carbons (Fsp3) is 0.538. The van der Waals surface area contributed by atoms with Gasteiger partial charge < -0.3 is 4.90 Å². The molecular weight excluding hydrogens is 236 g/mol. The van der Waals surface area contributed by atoms with Gasteiger partial charge in [-0.1, -0.05) is 24.4 Å². The number of hydrogen-bond donors (Lipinski definition) is 0. The van der Waals surface area contributed by atoms with Crippen LogP contribution in [0.15, 0.2) is 18.3 Å². The summed E-state index contributed by atoms with van der Waals surface area (Å²) in [6.45, 7) is 0.826. The van der Waals surface area contributed by atoms with Gasteiger partial charge in [-0.2, -0.15) is 0 Å². The minimum Gasteiger partial charge on any atom is -0.340 e. The van der Waals surface area contributed by atoms with Crippen LogP contribution in [-0.4, -0.2) is 29.4 Å². The summed E-state index contributed by atoms with van der Waals surface area (Å²) in [6, 6.07) is 3.30. The molecule has 0 radical (unpaired) electrons. The molecular formula is C13H17ClN2O. The summed E-state index contributed by atoms with van der Waals surface area (Å²) in [5, 5.41) is 0.553. The number of hydrogen-bond acceptors (Lipinski definition) is 2. The molecule has 1 saturated carbocycles. The molecule has 2 rings (SSSR count). The van der Waals surface area contributed by atoms with Crippen molar-refractivity contribution < 1.29 is 4.79 Å². The van der Waals surface area contributed by atoms with Gasteiger partial charge in [-0.15, -0.1) is 0 Å². The molecule has 0 aromatic carbocycles. The lowest BCUT2D eigenvalue weighted by atomic mass is 10.1. The molecule has 1 aliphatic carbocycles. The van der Waals surface area contributed by atoms with Gasteiger partial charge >= 0.3 is 0 Å². The van der Waals surface area contributed by atoms with E-state index in [0.717, 1.165) is 6.54 Å². The standard InChI is InChI=1S/C13H17ClN2O/c1-16(9-10-4-2-3-5-10)13(17)12-8-11(14)6-7-15-12/h6-8,10H,2-5,9H2,1H3. The summed E-state index contributed by atoms with van der Waals surface area (Å²) in [5.74, 6) is 0.613. The van der Waals surface area contributed by atoms with Crippen molar-refractivity contribution in [1.29, 1.82) is 0 Å². The number of nitrogens with zero attached hydrogens (tertiary/aromatic N) is 2. The van der Waals surface area contributed by atoms with Crippen LogP contribution in [0.25, 0.3) is 0 Å². The second-order valence-electron chi connectivity index (χ2n) is 4.70. The number of aromatic nitrogens is 1. The van der Waals surface area contributed by atoms with Crippen molar-refractivity contribution in [3.05, 3.63) is 29.0 Å². The van der Waals surface area contributed by atoms with Crippen LogP contribution in [0.1, 0.15) is 36.2 Å². The van der Waals surface area contributed by atoms with Gasteiger partial charge in [0.25, 0.3) is 5.91 Å². The first-order valence-corrected chi connectivity index (χ1v) is 6.41. The Morgan fingerprint density at radius 1 is 1.53 bits per heavy atom. The van der Waals surface area contributed by atoms with Gasteiger partial charge in [0.15, 0.2) is 0 Å². The molecule has 1 fully saturated rings. The smallest absolute Gasteiger partial charge is 0.272 e. The molecule has 1 amide bonds. The van der Waals surface area contributed by atoms with Gasteiger partial charge in [-0.3, -0.25) is 9.78 Å². The minimum atomic E-state index is -0.0422. The first-order chi connectivity index (χ1) is 8.16. The fourth-order valence-corrected chi connectivity index (χ4v) is 2.54. The Morgan fingerprint density at radius 3 is 2.88 bits per heavy atom. The summed E-state index contributed by atoms with van der Waals surface area (Å²) in [5.41, 5.74) is 0.429. The maximum absolute atomic E-state index is 12.1. The molecule has 0 atom stereocenters. The molecule has 0 spiro atoms. The van der Waals surface area contributed by atoms with Gasteiger partial charge in [0.05, 0.1) is 0 Å². The zero-order valence-corrected chi connectivity index (χ0v) is 10.8. The lowest BCUT2D eigenvalue weighted by Gasteiger charge is -2.20. The lowest BCUT2D eigenvalue weighted by molar-refractivity contribution is 0.0767. The Bertz CT molecular complexity index is 402. The number of carbonyl (C=O) groups is 1. The van der Waals surface area contributed by atoms with Crippen LogP contribution in [-0.2, 0) is 0 Å². The first-order valence-electron chi connectivity index (χ1n) is 6.04. The molecule has 4 heteroatoms. The Morgan fingerprint density at radius 2 is 2.24 bits per heavy atom. The van der Waals surface area contributed by atoms with Gasteiger partial charge in [0, 0.05) is 24.8 Å². The Labute approximate surface area is 107 Å². The summed E-state index contributed by atoms with van der Waals surface area (Å²) in [7, 11) is 1.84. The molecule has 0 N–H and O–H groups in total. The van der Waals surface area contributed by atoms with Crippen LogP contribution in [0.3, 0.4) is 0 Å². The van der Waals surface area contributed by atoms with Crippen LogP contribution >= 0.6 is 11.6 Å². The highest BCUT2D eigenvalue weighted by atomic mass is 35.5. The molecule has 0 bridgehead atoms. The van der Waals surface area contributed by atoms with E-state index in [1.54, 1.807) is 23.2 Å². The second kappa shape index (κ2) is 5.50. The quantitative estimate of drug-likeness (QED) is 0.829. The largest absolute Gasteiger partial charge is 0.340 e. The average molecular weight is 253 g/mol. The van der Waals surface area contributed by atoms with Crippen molar-refractivity contribution >= 4 is 17.5 Å². The molecule has 1 aromatic heterocycles. The van der Waals surface area contributed by atoms with E-state index in [9.17, 15) is 4.79 Å². The zero-order chi connectivity index (χ0) is 12.3. The Kier molecular flexibility index (Phi) is 4.00. The maximum atomic E-state index is 12.1. The fourth-order valence-electron chi connectivity index (χ4n) is 2.38. The SMILES string of the molecule is CN(CC1CCCC1)C(=O)c1cc(Cl)ccn1. The Balaban J connectivity index is 1.98. The van der Waals surface area contributed by atoms with Crippen molar-refractivity contribution in [2.24, 2.45) is 5.92 Å². The molecule has 92 valence electrons. The van der Waals surface area contributed by atoms with E-state index in [4.69, 9.17) is 11.6 Å². The van der Waals surface area contributed by atoms with Gasteiger partial charge in [0.2, 0.25) is 0 Å². The van der Waals surface area contributed by atoms with Crippen molar-refractivity contribution in [3.8, 4) is 0 Å². The van der Waals surface area contributed by atoms with Gasteiger partial charge in [-0.25, -0.2) is 0 Å². The third kappa shape index (κ3) is 3.19. The van der Waals surface area contributed by atoms with Crippen molar-refractivity contribution in [3.63, 3.8) is 0 Å². The number of halogens is 1. The zero-order valence-electron chi connectivity index (χ0n) is 10.0. The topological polar surface area (TPSA) is 33.2 Å². The minimum absolute atomic E-state index is 0.0422. The maximum Gasteiger partial charge on any atom is 0.272 e. The molecule has 17 heavy (non-hydrogen) atoms. The molecule has 0 aliphatic heterocycles. The predicted octanol–water partition coefficient (Wildman–Crippen LogP) is 3.00. The number of amides is 1. The van der Waals surface area contributed by atoms with E-state index in [1.165, 1.54) is 25.7 Å². The van der Waals surface area contributed by atoms with E-state index in [-0.39, 0.29) is 5.91 Å². The Hall–Kier alpha value is -1.09. The van der Waals surface area contributed by atoms with E-state index >= 15 is 0 Å². The first kappa shape index (κ1) is 12.4. The number of pyridine rings is 1. The third-order valence-corrected chi connectivity index (χ3v) is 3.53. The second-order valence-corrected chi connectivity index (χ2v) is 5.13. The average Bonchev–Trinajstić information content (AvgIpc) is 2.80.